The summed E-state index contributed by atoms with van der Waals surface area (Å²) in [7, 11) is -3.88. The number of aryl methyl sites for hydroxylation is 1. The van der Waals surface area contributed by atoms with Gasteiger partial charge in [0.25, 0.3) is 0 Å². The van der Waals surface area contributed by atoms with Crippen LogP contribution in [0.5, 0.6) is 0 Å². The van der Waals surface area contributed by atoms with E-state index in [1.165, 1.54) is 43.5 Å². The van der Waals surface area contributed by atoms with Crippen LogP contribution in [0.2, 0.25) is 0 Å². The Balaban J connectivity index is 1.87. The van der Waals surface area contributed by atoms with Gasteiger partial charge in [0.2, 0.25) is 5.91 Å². The van der Waals surface area contributed by atoms with E-state index in [4.69, 9.17) is 0 Å². The number of pyridine rings is 2. The van der Waals surface area contributed by atoms with Crippen LogP contribution in [0.4, 0.5) is 14.6 Å². The highest BCUT2D eigenvalue weighted by molar-refractivity contribution is 7.90. The SMILES string of the molecule is C=CC(=O)N1C[C@@H](C)N(c2nc(=O)n(-c3c(S(C)(=O)=O)ccnc3C)c3nc(-c4ccccc4F)c(F)cc23)[C@@H](C)C1. The van der Waals surface area contributed by atoms with Gasteiger partial charge < -0.3 is 9.80 Å². The van der Waals surface area contributed by atoms with Crippen LogP contribution < -0.4 is 10.6 Å². The highest BCUT2D eigenvalue weighted by atomic mass is 32.2. The van der Waals surface area contributed by atoms with Crippen molar-refractivity contribution in [1.29, 1.82) is 0 Å². The second kappa shape index (κ2) is 10.7. The van der Waals surface area contributed by atoms with Crippen LogP contribution >= 0.6 is 0 Å². The summed E-state index contributed by atoms with van der Waals surface area (Å²) in [5.41, 5.74) is -1.42. The molecule has 1 aromatic carbocycles. The third-order valence-corrected chi connectivity index (χ3v) is 8.40. The van der Waals surface area contributed by atoms with Gasteiger partial charge in [-0.15, -0.1) is 0 Å². The predicted octanol–water partition coefficient (Wildman–Crippen LogP) is 3.44. The minimum Gasteiger partial charge on any atom is -0.347 e. The Labute approximate surface area is 240 Å². The first-order valence-electron chi connectivity index (χ1n) is 13.1. The standard InChI is InChI=1S/C29H28F2N6O4S/c1-6-24(38)35-14-16(2)36(17(3)15-35)28-20-13-22(31)25(19-9-7-8-10-21(19)30)33-27(20)37(29(39)34-28)26-18(4)32-12-11-23(26)42(5,40)41/h6-13,16-17H,1,14-15H2,2-5H3/t16-,17+. The number of rotatable bonds is 5. The van der Waals surface area contributed by atoms with Gasteiger partial charge in [-0.05, 0) is 51.1 Å². The zero-order chi connectivity index (χ0) is 30.5. The number of piperazine rings is 1. The molecule has 0 N–H and O–H groups in total. The number of nitrogens with zero attached hydrogens (tertiary/aromatic N) is 6. The summed E-state index contributed by atoms with van der Waals surface area (Å²) < 4.78 is 57.2. The van der Waals surface area contributed by atoms with Crippen molar-refractivity contribution in [2.75, 3.05) is 24.2 Å². The average Bonchev–Trinajstić information content (AvgIpc) is 2.92. The van der Waals surface area contributed by atoms with Gasteiger partial charge in [0, 0.05) is 43.2 Å². The summed E-state index contributed by atoms with van der Waals surface area (Å²) in [6.07, 6.45) is 3.52. The smallest absolute Gasteiger partial charge is 0.347 e. The van der Waals surface area contributed by atoms with E-state index in [9.17, 15) is 22.4 Å². The molecule has 4 heterocycles. The number of amides is 1. The van der Waals surface area contributed by atoms with Gasteiger partial charge in [-0.1, -0.05) is 18.7 Å². The summed E-state index contributed by atoms with van der Waals surface area (Å²) in [5, 5.41) is 0.0945. The van der Waals surface area contributed by atoms with Crippen LogP contribution in [0.3, 0.4) is 0 Å². The van der Waals surface area contributed by atoms with Crippen molar-refractivity contribution in [3.8, 4) is 16.9 Å². The molecule has 0 saturated carbocycles. The van der Waals surface area contributed by atoms with Crippen LogP contribution in [0.1, 0.15) is 19.5 Å². The van der Waals surface area contributed by atoms with Crippen LogP contribution in [0, 0.1) is 18.6 Å². The van der Waals surface area contributed by atoms with Gasteiger partial charge in [0.05, 0.1) is 21.7 Å². The first kappa shape index (κ1) is 29.0. The van der Waals surface area contributed by atoms with E-state index in [1.807, 2.05) is 13.8 Å². The Hall–Kier alpha value is -4.52. The summed E-state index contributed by atoms with van der Waals surface area (Å²) in [6.45, 7) is 9.31. The van der Waals surface area contributed by atoms with Gasteiger partial charge >= 0.3 is 5.69 Å². The van der Waals surface area contributed by atoms with Crippen LogP contribution in [-0.4, -0.2) is 70.2 Å². The number of benzene rings is 1. The molecule has 0 aliphatic carbocycles. The van der Waals surface area contributed by atoms with E-state index in [1.54, 1.807) is 9.80 Å². The van der Waals surface area contributed by atoms with E-state index in [0.29, 0.717) is 0 Å². The lowest BCUT2D eigenvalue weighted by molar-refractivity contribution is -0.127. The molecule has 1 saturated heterocycles. The van der Waals surface area contributed by atoms with Crippen LogP contribution in [-0.2, 0) is 14.6 Å². The molecule has 0 spiro atoms. The van der Waals surface area contributed by atoms with E-state index < -0.39 is 27.2 Å². The van der Waals surface area contributed by atoms with Gasteiger partial charge in [-0.25, -0.2) is 31.5 Å². The van der Waals surface area contributed by atoms with E-state index in [0.717, 1.165) is 23.0 Å². The number of halogens is 2. The summed E-state index contributed by atoms with van der Waals surface area (Å²) >= 11 is 0. The summed E-state index contributed by atoms with van der Waals surface area (Å²) in [4.78, 5) is 42.4. The Kier molecular flexibility index (Phi) is 7.39. The van der Waals surface area contributed by atoms with Crippen molar-refractivity contribution in [2.24, 2.45) is 0 Å². The Morgan fingerprint density at radius 1 is 1.07 bits per heavy atom. The van der Waals surface area contributed by atoms with Crippen molar-refractivity contribution in [1.82, 2.24) is 24.4 Å². The fourth-order valence-electron chi connectivity index (χ4n) is 5.50. The molecule has 1 amide bonds. The third-order valence-electron chi connectivity index (χ3n) is 7.27. The van der Waals surface area contributed by atoms with E-state index >= 15 is 4.39 Å². The number of aromatic nitrogens is 4. The van der Waals surface area contributed by atoms with Crippen molar-refractivity contribution in [2.45, 2.75) is 37.8 Å². The maximum atomic E-state index is 15.8. The molecule has 0 bridgehead atoms. The molecule has 3 aromatic heterocycles. The molecule has 10 nitrogen and oxygen atoms in total. The Bertz CT molecular complexity index is 1920. The minimum absolute atomic E-state index is 0.0878. The van der Waals surface area contributed by atoms with Crippen molar-refractivity contribution in [3.63, 3.8) is 0 Å². The van der Waals surface area contributed by atoms with Crippen molar-refractivity contribution >= 4 is 32.6 Å². The van der Waals surface area contributed by atoms with Gasteiger partial charge in [0.15, 0.2) is 15.5 Å². The maximum absolute atomic E-state index is 15.8. The number of hydrogen-bond donors (Lipinski definition) is 0. The second-order valence-corrected chi connectivity index (χ2v) is 12.3. The molecule has 2 atom stereocenters. The van der Waals surface area contributed by atoms with E-state index in [-0.39, 0.29) is 75.5 Å². The monoisotopic (exact) mass is 594 g/mol. The zero-order valence-electron chi connectivity index (χ0n) is 23.4. The van der Waals surface area contributed by atoms with Crippen LogP contribution in [0.25, 0.3) is 28.0 Å². The first-order chi connectivity index (χ1) is 19.8. The molecular weight excluding hydrogens is 566 g/mol. The lowest BCUT2D eigenvalue weighted by atomic mass is 10.1. The summed E-state index contributed by atoms with van der Waals surface area (Å²) in [5.74, 6) is -1.74. The summed E-state index contributed by atoms with van der Waals surface area (Å²) in [6, 6.07) is 7.15. The molecule has 5 rings (SSSR count). The van der Waals surface area contributed by atoms with Crippen LogP contribution in [0.15, 0.2) is 64.9 Å². The molecule has 13 heteroatoms. The fourth-order valence-corrected chi connectivity index (χ4v) is 6.40. The third kappa shape index (κ3) is 4.93. The van der Waals surface area contributed by atoms with Gasteiger partial charge in [-0.2, -0.15) is 4.98 Å². The molecular formula is C29H28F2N6O4S. The molecule has 4 aromatic rings. The lowest BCUT2D eigenvalue weighted by Crippen LogP contribution is -2.58. The number of fused-ring (bicyclic) bond motifs is 1. The number of carbonyl (C=O) groups excluding carboxylic acids is 1. The average molecular weight is 595 g/mol. The van der Waals surface area contributed by atoms with E-state index in [2.05, 4.69) is 21.5 Å². The minimum atomic E-state index is -3.88. The van der Waals surface area contributed by atoms with Gasteiger partial charge in [0.1, 0.15) is 23.1 Å². The molecule has 1 aliphatic rings. The topological polar surface area (TPSA) is 118 Å². The zero-order valence-corrected chi connectivity index (χ0v) is 24.2. The number of carbonyl (C=O) groups is 1. The Morgan fingerprint density at radius 2 is 1.74 bits per heavy atom. The fraction of sp³-hybridized carbons (Fsp3) is 0.276. The normalized spacial score (nSPS) is 17.5. The van der Waals surface area contributed by atoms with Crippen molar-refractivity contribution in [3.05, 3.63) is 83.1 Å². The highest BCUT2D eigenvalue weighted by Crippen LogP contribution is 2.34. The maximum Gasteiger partial charge on any atom is 0.355 e. The lowest BCUT2D eigenvalue weighted by Gasteiger charge is -2.45. The number of anilines is 1. The molecule has 42 heavy (non-hydrogen) atoms. The number of hydrogen-bond acceptors (Lipinski definition) is 8. The van der Waals surface area contributed by atoms with Crippen molar-refractivity contribution < 1.29 is 22.0 Å². The molecule has 0 radical (unpaired) electrons. The number of sulfone groups is 1. The molecule has 218 valence electrons. The molecule has 1 aliphatic heterocycles. The first-order valence-corrected chi connectivity index (χ1v) is 15.0. The predicted molar refractivity (Wildman–Crippen MR) is 154 cm³/mol. The Morgan fingerprint density at radius 3 is 2.36 bits per heavy atom. The molecule has 1 fully saturated rings. The van der Waals surface area contributed by atoms with Gasteiger partial charge in [-0.3, -0.25) is 9.78 Å². The molecule has 0 unspecified atom stereocenters. The second-order valence-electron chi connectivity index (χ2n) is 10.3. The largest absolute Gasteiger partial charge is 0.355 e. The quantitative estimate of drug-likeness (QED) is 0.323. The highest BCUT2D eigenvalue weighted by Gasteiger charge is 2.35.